The van der Waals surface area contributed by atoms with Crippen LogP contribution in [0.2, 0.25) is 0 Å². The molecular formula is C25H38N2O3. The fourth-order valence-corrected chi connectivity index (χ4v) is 2.60. The summed E-state index contributed by atoms with van der Waals surface area (Å²) in [6.45, 7) is 13.1. The van der Waals surface area contributed by atoms with Gasteiger partial charge in [-0.2, -0.15) is 0 Å². The largest absolute Gasteiger partial charge is 0.375 e. The van der Waals surface area contributed by atoms with Crippen molar-refractivity contribution in [3.63, 3.8) is 0 Å². The van der Waals surface area contributed by atoms with E-state index in [0.29, 0.717) is 6.42 Å². The first-order valence-corrected chi connectivity index (χ1v) is 10.2. The van der Waals surface area contributed by atoms with Crippen LogP contribution in [0.3, 0.4) is 0 Å². The second-order valence-electron chi connectivity index (χ2n) is 6.69. The minimum atomic E-state index is -0.245. The van der Waals surface area contributed by atoms with E-state index in [9.17, 15) is 9.59 Å². The number of primary amides is 1. The van der Waals surface area contributed by atoms with Crippen LogP contribution in [0.4, 0.5) is 5.69 Å². The second-order valence-corrected chi connectivity index (χ2v) is 6.69. The number of benzene rings is 2. The molecule has 1 amide bonds. The molecule has 0 saturated carbocycles. The van der Waals surface area contributed by atoms with Gasteiger partial charge in [-0.3, -0.25) is 9.59 Å². The van der Waals surface area contributed by atoms with Gasteiger partial charge in [-0.15, -0.1) is 0 Å². The number of nitrogens with two attached hydrogens (primary N) is 1. The minimum Gasteiger partial charge on any atom is -0.375 e. The quantitative estimate of drug-likeness (QED) is 0.681. The van der Waals surface area contributed by atoms with Crippen molar-refractivity contribution in [2.24, 2.45) is 5.73 Å². The number of hydrogen-bond acceptors (Lipinski definition) is 4. The molecule has 2 aromatic rings. The van der Waals surface area contributed by atoms with Crippen molar-refractivity contribution in [3.05, 3.63) is 64.7 Å². The van der Waals surface area contributed by atoms with Crippen LogP contribution in [0.15, 0.2) is 42.5 Å². The lowest BCUT2D eigenvalue weighted by molar-refractivity contribution is -0.117. The van der Waals surface area contributed by atoms with Gasteiger partial charge < -0.3 is 15.4 Å². The van der Waals surface area contributed by atoms with E-state index in [1.165, 1.54) is 17.7 Å². The van der Waals surface area contributed by atoms with Crippen molar-refractivity contribution >= 4 is 24.7 Å². The van der Waals surface area contributed by atoms with Gasteiger partial charge in [0.2, 0.25) is 5.91 Å². The molecule has 0 bridgehead atoms. The molecular weight excluding hydrogens is 376 g/mol. The lowest BCUT2D eigenvalue weighted by Gasteiger charge is -2.17. The van der Waals surface area contributed by atoms with E-state index in [0.717, 1.165) is 35.9 Å². The maximum absolute atomic E-state index is 10.6. The fraction of sp³-hybridized carbons (Fsp3) is 0.400. The number of carbonyl (C=O) groups is 3. The summed E-state index contributed by atoms with van der Waals surface area (Å²) in [5, 5.41) is 0. The first-order chi connectivity index (χ1) is 14.3. The van der Waals surface area contributed by atoms with Gasteiger partial charge in [-0.25, -0.2) is 0 Å². The Bertz CT molecular complexity index is 707. The van der Waals surface area contributed by atoms with Gasteiger partial charge in [0.25, 0.3) is 0 Å². The summed E-state index contributed by atoms with van der Waals surface area (Å²) < 4.78 is 0. The fourth-order valence-electron chi connectivity index (χ4n) is 2.60. The first-order valence-electron chi connectivity index (χ1n) is 10.2. The minimum absolute atomic E-state index is 0.245. The van der Waals surface area contributed by atoms with Crippen LogP contribution < -0.4 is 10.6 Å². The highest BCUT2D eigenvalue weighted by atomic mass is 16.1. The highest BCUT2D eigenvalue weighted by Gasteiger charge is 2.02. The van der Waals surface area contributed by atoms with Gasteiger partial charge in [-0.1, -0.05) is 51.1 Å². The SMILES string of the molecule is C=O.CCC(N)=O.CCCN(C)c1ccccc1.CCc1cc(C)c(C=O)c(C)c1. The van der Waals surface area contributed by atoms with Crippen molar-refractivity contribution in [1.29, 1.82) is 0 Å². The van der Waals surface area contributed by atoms with Gasteiger partial charge in [0.1, 0.15) is 6.79 Å². The average Bonchev–Trinajstić information content (AvgIpc) is 2.76. The van der Waals surface area contributed by atoms with Crippen LogP contribution in [-0.4, -0.2) is 32.6 Å². The van der Waals surface area contributed by atoms with Crippen molar-refractivity contribution in [1.82, 2.24) is 0 Å². The van der Waals surface area contributed by atoms with E-state index in [-0.39, 0.29) is 5.91 Å². The van der Waals surface area contributed by atoms with Crippen molar-refractivity contribution in [2.75, 3.05) is 18.5 Å². The van der Waals surface area contributed by atoms with Crippen LogP contribution in [-0.2, 0) is 16.0 Å². The molecule has 166 valence electrons. The maximum Gasteiger partial charge on any atom is 0.217 e. The highest BCUT2D eigenvalue weighted by molar-refractivity contribution is 5.79. The Hall–Kier alpha value is -2.95. The number of carbonyl (C=O) groups excluding carboxylic acids is 3. The standard InChI is InChI=1S/C11H14O.C10H15N.C3H7NO.CH2O/c1-4-10-5-8(2)11(7-12)9(3)6-10;1-3-9-11(2)10-7-5-4-6-8-10;1-2-3(4)5;1-2/h5-7H,4H2,1-3H3;4-8H,3,9H2,1-2H3;2H2,1H3,(H2,4,5);1H2. The molecule has 5 heteroatoms. The van der Waals surface area contributed by atoms with E-state index in [1.54, 1.807) is 6.92 Å². The van der Waals surface area contributed by atoms with Crippen LogP contribution in [0, 0.1) is 13.8 Å². The number of amides is 1. The Balaban J connectivity index is 0. The summed E-state index contributed by atoms with van der Waals surface area (Å²) in [6.07, 6.45) is 3.61. The van der Waals surface area contributed by atoms with Gasteiger partial charge in [0.15, 0.2) is 6.29 Å². The normalized spacial score (nSPS) is 8.87. The van der Waals surface area contributed by atoms with E-state index in [4.69, 9.17) is 4.79 Å². The molecule has 2 N–H and O–H groups in total. The smallest absolute Gasteiger partial charge is 0.217 e. The van der Waals surface area contributed by atoms with Crippen LogP contribution in [0.25, 0.3) is 0 Å². The zero-order chi connectivity index (χ0) is 23.5. The molecule has 0 radical (unpaired) electrons. The van der Waals surface area contributed by atoms with E-state index in [1.807, 2.05) is 26.7 Å². The maximum atomic E-state index is 10.6. The van der Waals surface area contributed by atoms with Crippen LogP contribution in [0.1, 0.15) is 60.7 Å². The van der Waals surface area contributed by atoms with Gasteiger partial charge in [0.05, 0.1) is 0 Å². The highest BCUT2D eigenvalue weighted by Crippen LogP contribution is 2.15. The summed E-state index contributed by atoms with van der Waals surface area (Å²) in [5.74, 6) is -0.245. The molecule has 0 saturated heterocycles. The zero-order valence-electron chi connectivity index (χ0n) is 19.4. The average molecular weight is 415 g/mol. The Morgan fingerprint density at radius 1 is 1.03 bits per heavy atom. The number of hydrogen-bond donors (Lipinski definition) is 1. The number of aldehydes is 1. The van der Waals surface area contributed by atoms with E-state index < -0.39 is 0 Å². The Morgan fingerprint density at radius 3 is 1.83 bits per heavy atom. The summed E-state index contributed by atoms with van der Waals surface area (Å²) in [5.41, 5.74) is 10.3. The summed E-state index contributed by atoms with van der Waals surface area (Å²) >= 11 is 0. The third kappa shape index (κ3) is 12.5. The molecule has 0 heterocycles. The molecule has 0 unspecified atom stereocenters. The Kier molecular flexibility index (Phi) is 17.7. The molecule has 0 aromatic heterocycles. The molecule has 0 atom stereocenters. The van der Waals surface area contributed by atoms with Crippen LogP contribution in [0.5, 0.6) is 0 Å². The number of anilines is 1. The molecule has 0 spiro atoms. The number of aryl methyl sites for hydroxylation is 3. The monoisotopic (exact) mass is 414 g/mol. The lowest BCUT2D eigenvalue weighted by Crippen LogP contribution is -2.17. The Labute approximate surface area is 182 Å². The predicted octanol–water partition coefficient (Wildman–Crippen LogP) is 4.91. The van der Waals surface area contributed by atoms with E-state index in [2.05, 4.69) is 67.9 Å². The summed E-state index contributed by atoms with van der Waals surface area (Å²) in [7, 11) is 2.12. The number of para-hydroxylation sites is 1. The Morgan fingerprint density at radius 2 is 1.50 bits per heavy atom. The lowest BCUT2D eigenvalue weighted by atomic mass is 9.99. The first kappa shape index (κ1) is 29.3. The molecule has 2 aromatic carbocycles. The second kappa shape index (κ2) is 18.1. The molecule has 0 aliphatic carbocycles. The van der Waals surface area contributed by atoms with Crippen molar-refractivity contribution in [2.45, 2.75) is 53.9 Å². The molecule has 0 aliphatic rings. The third-order valence-electron chi connectivity index (χ3n) is 4.28. The molecule has 0 aliphatic heterocycles. The summed E-state index contributed by atoms with van der Waals surface area (Å²) in [4.78, 5) is 30.5. The topological polar surface area (TPSA) is 80.5 Å². The van der Waals surface area contributed by atoms with Gasteiger partial charge in [0, 0.05) is 31.3 Å². The van der Waals surface area contributed by atoms with Crippen LogP contribution >= 0.6 is 0 Å². The number of nitrogens with zero attached hydrogens (tertiary/aromatic N) is 1. The molecule has 2 rings (SSSR count). The molecule has 0 fully saturated rings. The van der Waals surface area contributed by atoms with Crippen molar-refractivity contribution in [3.8, 4) is 0 Å². The van der Waals surface area contributed by atoms with Gasteiger partial charge in [-0.05, 0) is 55.5 Å². The van der Waals surface area contributed by atoms with E-state index >= 15 is 0 Å². The molecule has 30 heavy (non-hydrogen) atoms. The third-order valence-corrected chi connectivity index (χ3v) is 4.28. The number of rotatable bonds is 6. The van der Waals surface area contributed by atoms with Gasteiger partial charge >= 0.3 is 0 Å². The zero-order valence-corrected chi connectivity index (χ0v) is 19.4. The van der Waals surface area contributed by atoms with Crippen molar-refractivity contribution < 1.29 is 14.4 Å². The predicted molar refractivity (Wildman–Crippen MR) is 127 cm³/mol. The summed E-state index contributed by atoms with van der Waals surface area (Å²) in [6, 6.07) is 14.6. The molecule has 5 nitrogen and oxygen atoms in total.